The third-order valence-electron chi connectivity index (χ3n) is 4.89. The lowest BCUT2D eigenvalue weighted by Crippen LogP contribution is -2.49. The molecular formula is C20H19Cl2N3O. The van der Waals surface area contributed by atoms with E-state index >= 15 is 0 Å². The van der Waals surface area contributed by atoms with Crippen molar-refractivity contribution in [1.82, 2.24) is 9.47 Å². The summed E-state index contributed by atoms with van der Waals surface area (Å²) in [7, 11) is 0. The number of amides is 1. The Bertz CT molecular complexity index is 945. The van der Waals surface area contributed by atoms with E-state index in [0.717, 1.165) is 29.7 Å². The van der Waals surface area contributed by atoms with Gasteiger partial charge in [-0.15, -0.1) is 0 Å². The average molecular weight is 388 g/mol. The summed E-state index contributed by atoms with van der Waals surface area (Å²) in [6.45, 7) is 3.23. The maximum Gasteiger partial charge on any atom is 0.242 e. The van der Waals surface area contributed by atoms with Gasteiger partial charge in [0.05, 0.1) is 15.7 Å². The second-order valence-electron chi connectivity index (χ2n) is 6.44. The first-order chi connectivity index (χ1) is 12.6. The number of carbonyl (C=O) groups excluding carboxylic acids is 1. The van der Waals surface area contributed by atoms with Crippen molar-refractivity contribution in [3.63, 3.8) is 0 Å². The van der Waals surface area contributed by atoms with E-state index in [2.05, 4.69) is 11.0 Å². The Labute approximate surface area is 162 Å². The second-order valence-corrected chi connectivity index (χ2v) is 7.23. The van der Waals surface area contributed by atoms with E-state index in [1.54, 1.807) is 6.07 Å². The molecule has 134 valence electrons. The number of hydrogen-bond acceptors (Lipinski definition) is 2. The third kappa shape index (κ3) is 3.27. The summed E-state index contributed by atoms with van der Waals surface area (Å²) >= 11 is 12.4. The minimum Gasteiger partial charge on any atom is -0.367 e. The largest absolute Gasteiger partial charge is 0.367 e. The van der Waals surface area contributed by atoms with Crippen molar-refractivity contribution in [1.29, 1.82) is 0 Å². The number of rotatable bonds is 3. The summed E-state index contributed by atoms with van der Waals surface area (Å²) in [6.07, 6.45) is 1.98. The quantitative estimate of drug-likeness (QED) is 0.670. The minimum atomic E-state index is 0.142. The van der Waals surface area contributed by atoms with Crippen LogP contribution >= 0.6 is 23.2 Å². The molecule has 4 rings (SSSR count). The third-order valence-corrected chi connectivity index (χ3v) is 5.70. The molecule has 0 atom stereocenters. The monoisotopic (exact) mass is 387 g/mol. The highest BCUT2D eigenvalue weighted by molar-refractivity contribution is 6.43. The highest BCUT2D eigenvalue weighted by Gasteiger charge is 2.23. The number of hydrogen-bond donors (Lipinski definition) is 0. The maximum atomic E-state index is 12.7. The van der Waals surface area contributed by atoms with Crippen LogP contribution in [0, 0.1) is 0 Å². The Morgan fingerprint density at radius 1 is 0.923 bits per heavy atom. The molecule has 26 heavy (non-hydrogen) atoms. The van der Waals surface area contributed by atoms with Gasteiger partial charge in [0.15, 0.2) is 0 Å². The van der Waals surface area contributed by atoms with E-state index in [1.807, 2.05) is 52.1 Å². The molecule has 1 fully saturated rings. The first kappa shape index (κ1) is 17.3. The first-order valence-electron chi connectivity index (χ1n) is 8.64. The molecule has 0 N–H and O–H groups in total. The SMILES string of the molecule is O=C(Cn1ccc2ccccc21)N1CCN(c2cccc(Cl)c2Cl)CC1. The summed E-state index contributed by atoms with van der Waals surface area (Å²) in [5, 5.41) is 2.29. The van der Waals surface area contributed by atoms with Gasteiger partial charge in [-0.05, 0) is 29.7 Å². The van der Waals surface area contributed by atoms with Crippen molar-refractivity contribution in [3.8, 4) is 0 Å². The molecule has 3 aromatic rings. The molecule has 1 amide bonds. The Kier molecular flexibility index (Phi) is 4.79. The van der Waals surface area contributed by atoms with Gasteiger partial charge in [0.1, 0.15) is 6.54 Å². The molecule has 4 nitrogen and oxygen atoms in total. The molecule has 1 aliphatic heterocycles. The zero-order valence-corrected chi connectivity index (χ0v) is 15.7. The van der Waals surface area contributed by atoms with Crippen LogP contribution in [0.25, 0.3) is 10.9 Å². The normalized spacial score (nSPS) is 14.8. The fourth-order valence-electron chi connectivity index (χ4n) is 3.46. The van der Waals surface area contributed by atoms with Crippen LogP contribution < -0.4 is 4.90 Å². The topological polar surface area (TPSA) is 28.5 Å². The van der Waals surface area contributed by atoms with Crippen LogP contribution in [0.15, 0.2) is 54.7 Å². The number of benzene rings is 2. The smallest absolute Gasteiger partial charge is 0.242 e. The fraction of sp³-hybridized carbons (Fsp3) is 0.250. The Hall–Kier alpha value is -2.17. The van der Waals surface area contributed by atoms with Gasteiger partial charge in [-0.25, -0.2) is 0 Å². The molecule has 1 saturated heterocycles. The van der Waals surface area contributed by atoms with Crippen molar-refractivity contribution in [2.75, 3.05) is 31.1 Å². The molecule has 6 heteroatoms. The van der Waals surface area contributed by atoms with Crippen LogP contribution in [0.2, 0.25) is 10.0 Å². The van der Waals surface area contributed by atoms with Crippen LogP contribution in [0.1, 0.15) is 0 Å². The summed E-state index contributed by atoms with van der Waals surface area (Å²) in [6, 6.07) is 15.8. The van der Waals surface area contributed by atoms with E-state index in [0.29, 0.717) is 29.7 Å². The highest BCUT2D eigenvalue weighted by atomic mass is 35.5. The average Bonchev–Trinajstić information content (AvgIpc) is 3.07. The van der Waals surface area contributed by atoms with Crippen molar-refractivity contribution in [2.45, 2.75) is 6.54 Å². The van der Waals surface area contributed by atoms with Crippen molar-refractivity contribution < 1.29 is 4.79 Å². The molecular weight excluding hydrogens is 369 g/mol. The number of piperazine rings is 1. The van der Waals surface area contributed by atoms with Crippen LogP contribution in [0.5, 0.6) is 0 Å². The number of anilines is 1. The highest BCUT2D eigenvalue weighted by Crippen LogP contribution is 2.32. The van der Waals surface area contributed by atoms with Crippen molar-refractivity contribution >= 4 is 45.7 Å². The number of fused-ring (bicyclic) bond motifs is 1. The van der Waals surface area contributed by atoms with E-state index in [4.69, 9.17) is 23.2 Å². The van der Waals surface area contributed by atoms with Crippen LogP contribution in [-0.2, 0) is 11.3 Å². The predicted octanol–water partition coefficient (Wildman–Crippen LogP) is 4.30. The van der Waals surface area contributed by atoms with Crippen molar-refractivity contribution in [2.24, 2.45) is 0 Å². The van der Waals surface area contributed by atoms with Gasteiger partial charge >= 0.3 is 0 Å². The van der Waals surface area contributed by atoms with Crippen molar-refractivity contribution in [3.05, 3.63) is 64.8 Å². The predicted molar refractivity (Wildman–Crippen MR) is 107 cm³/mol. The molecule has 1 aliphatic rings. The van der Waals surface area contributed by atoms with E-state index in [9.17, 15) is 4.79 Å². The number of aromatic nitrogens is 1. The van der Waals surface area contributed by atoms with Gasteiger partial charge < -0.3 is 14.4 Å². The van der Waals surface area contributed by atoms with Gasteiger partial charge in [-0.1, -0.05) is 47.5 Å². The number of carbonyl (C=O) groups is 1. The van der Waals surface area contributed by atoms with Gasteiger partial charge in [0.25, 0.3) is 0 Å². The standard InChI is InChI=1S/C20H19Cl2N3O/c21-16-5-3-7-18(20(16)22)23-10-12-24(13-11-23)19(26)14-25-9-8-15-4-1-2-6-17(15)25/h1-9H,10-14H2. The molecule has 0 spiro atoms. The lowest BCUT2D eigenvalue weighted by atomic mass is 10.2. The molecule has 0 radical (unpaired) electrons. The molecule has 0 aliphatic carbocycles. The second kappa shape index (κ2) is 7.22. The first-order valence-corrected chi connectivity index (χ1v) is 9.40. The van der Waals surface area contributed by atoms with Gasteiger partial charge in [-0.3, -0.25) is 4.79 Å². The maximum absolute atomic E-state index is 12.7. The minimum absolute atomic E-state index is 0.142. The van der Waals surface area contributed by atoms with Gasteiger partial charge in [0, 0.05) is 37.9 Å². The summed E-state index contributed by atoms with van der Waals surface area (Å²) in [5.74, 6) is 0.142. The molecule has 2 aromatic carbocycles. The zero-order chi connectivity index (χ0) is 18.1. The van der Waals surface area contributed by atoms with Crippen LogP contribution in [0.4, 0.5) is 5.69 Å². The lowest BCUT2D eigenvalue weighted by Gasteiger charge is -2.36. The molecule has 1 aromatic heterocycles. The zero-order valence-electron chi connectivity index (χ0n) is 14.2. The number of nitrogens with zero attached hydrogens (tertiary/aromatic N) is 3. The van der Waals surface area contributed by atoms with Gasteiger partial charge in [-0.2, -0.15) is 0 Å². The van der Waals surface area contributed by atoms with E-state index in [1.165, 1.54) is 0 Å². The van der Waals surface area contributed by atoms with Crippen LogP contribution in [-0.4, -0.2) is 41.6 Å². The Balaban J connectivity index is 1.41. The lowest BCUT2D eigenvalue weighted by molar-refractivity contribution is -0.132. The number of para-hydroxylation sites is 1. The van der Waals surface area contributed by atoms with Crippen LogP contribution in [0.3, 0.4) is 0 Å². The summed E-state index contributed by atoms with van der Waals surface area (Å²) in [5.41, 5.74) is 2.02. The molecule has 0 bridgehead atoms. The Morgan fingerprint density at radius 3 is 2.50 bits per heavy atom. The Morgan fingerprint density at radius 2 is 1.69 bits per heavy atom. The fourth-order valence-corrected chi connectivity index (χ4v) is 3.87. The molecule has 0 unspecified atom stereocenters. The summed E-state index contributed by atoms with van der Waals surface area (Å²) in [4.78, 5) is 16.8. The van der Waals surface area contributed by atoms with E-state index < -0.39 is 0 Å². The van der Waals surface area contributed by atoms with Gasteiger partial charge in [0.2, 0.25) is 5.91 Å². The molecule has 2 heterocycles. The summed E-state index contributed by atoms with van der Waals surface area (Å²) < 4.78 is 2.01. The molecule has 0 saturated carbocycles. The van der Waals surface area contributed by atoms with E-state index in [-0.39, 0.29) is 5.91 Å². The number of halogens is 2.